The van der Waals surface area contributed by atoms with Crippen LogP contribution < -0.4 is 4.74 Å². The number of hydrogen-bond donors (Lipinski definition) is 0. The minimum atomic E-state index is 0.363. The maximum atomic E-state index is 5.95. The Kier molecular flexibility index (Phi) is 4.99. The molecule has 0 unspecified atom stereocenters. The van der Waals surface area contributed by atoms with E-state index in [1.54, 1.807) is 11.3 Å². The summed E-state index contributed by atoms with van der Waals surface area (Å²) in [6.07, 6.45) is 2.15. The van der Waals surface area contributed by atoms with Gasteiger partial charge in [-0.15, -0.1) is 16.4 Å². The first-order chi connectivity index (χ1) is 12.7. The number of para-hydroxylation sites is 1. The molecule has 136 valence electrons. The number of nitrogens with zero attached hydrogens (tertiary/aromatic N) is 5. The van der Waals surface area contributed by atoms with E-state index >= 15 is 0 Å². The van der Waals surface area contributed by atoms with Crippen molar-refractivity contribution in [2.45, 2.75) is 32.4 Å². The molecule has 3 heterocycles. The molecular formula is C19H23N5OS. The van der Waals surface area contributed by atoms with Crippen LogP contribution in [0.2, 0.25) is 0 Å². The first-order valence-corrected chi connectivity index (χ1v) is 9.81. The SMILES string of the molecule is Cc1nc(-c2nc(COc3ccccc3)n(C3CCN(C)CC3)n2)cs1. The Hall–Kier alpha value is -2.25. The van der Waals surface area contributed by atoms with Gasteiger partial charge in [0.2, 0.25) is 5.82 Å². The number of hydrogen-bond acceptors (Lipinski definition) is 6. The molecule has 26 heavy (non-hydrogen) atoms. The van der Waals surface area contributed by atoms with Gasteiger partial charge in [0, 0.05) is 5.38 Å². The molecular weight excluding hydrogens is 346 g/mol. The number of ether oxygens (including phenoxy) is 1. The lowest BCUT2D eigenvalue weighted by Gasteiger charge is -2.29. The highest BCUT2D eigenvalue weighted by Gasteiger charge is 2.24. The summed E-state index contributed by atoms with van der Waals surface area (Å²) >= 11 is 1.62. The van der Waals surface area contributed by atoms with Gasteiger partial charge in [-0.25, -0.2) is 14.6 Å². The van der Waals surface area contributed by atoms with Gasteiger partial charge in [-0.05, 0) is 52.0 Å². The van der Waals surface area contributed by atoms with Gasteiger partial charge in [-0.3, -0.25) is 0 Å². The molecule has 2 aromatic heterocycles. The fourth-order valence-electron chi connectivity index (χ4n) is 3.23. The van der Waals surface area contributed by atoms with Crippen LogP contribution in [0.3, 0.4) is 0 Å². The van der Waals surface area contributed by atoms with Crippen LogP contribution in [0.15, 0.2) is 35.7 Å². The van der Waals surface area contributed by atoms with Crippen LogP contribution in [0.25, 0.3) is 11.5 Å². The Morgan fingerprint density at radius 1 is 1.15 bits per heavy atom. The van der Waals surface area contributed by atoms with Crippen LogP contribution in [0.5, 0.6) is 5.75 Å². The summed E-state index contributed by atoms with van der Waals surface area (Å²) in [5.41, 5.74) is 0.847. The van der Waals surface area contributed by atoms with Crippen molar-refractivity contribution in [1.29, 1.82) is 0 Å². The monoisotopic (exact) mass is 369 g/mol. The highest BCUT2D eigenvalue weighted by molar-refractivity contribution is 7.09. The molecule has 1 aromatic carbocycles. The van der Waals surface area contributed by atoms with Crippen LogP contribution >= 0.6 is 11.3 Å². The maximum Gasteiger partial charge on any atom is 0.201 e. The lowest BCUT2D eigenvalue weighted by Crippen LogP contribution is -2.32. The van der Waals surface area contributed by atoms with Crippen LogP contribution in [-0.4, -0.2) is 44.8 Å². The Morgan fingerprint density at radius 2 is 1.92 bits per heavy atom. The van der Waals surface area contributed by atoms with E-state index in [1.165, 1.54) is 0 Å². The zero-order valence-corrected chi connectivity index (χ0v) is 15.9. The predicted octanol–water partition coefficient (Wildman–Crippen LogP) is 3.56. The lowest BCUT2D eigenvalue weighted by atomic mass is 10.1. The topological polar surface area (TPSA) is 56.1 Å². The second kappa shape index (κ2) is 7.55. The summed E-state index contributed by atoms with van der Waals surface area (Å²) in [5, 5.41) is 7.85. The Balaban J connectivity index is 1.60. The third kappa shape index (κ3) is 3.78. The summed E-state index contributed by atoms with van der Waals surface area (Å²) in [7, 11) is 2.17. The predicted molar refractivity (Wildman–Crippen MR) is 102 cm³/mol. The first kappa shape index (κ1) is 17.2. The van der Waals surface area contributed by atoms with Gasteiger partial charge in [-0.1, -0.05) is 18.2 Å². The number of likely N-dealkylation sites (tertiary alicyclic amines) is 1. The summed E-state index contributed by atoms with van der Waals surface area (Å²) in [6, 6.07) is 10.2. The zero-order chi connectivity index (χ0) is 17.9. The smallest absolute Gasteiger partial charge is 0.201 e. The zero-order valence-electron chi connectivity index (χ0n) is 15.1. The molecule has 0 N–H and O–H groups in total. The molecule has 0 aliphatic carbocycles. The molecule has 1 saturated heterocycles. The van der Waals surface area contributed by atoms with Crippen molar-refractivity contribution in [3.8, 4) is 17.3 Å². The lowest BCUT2D eigenvalue weighted by molar-refractivity contribution is 0.200. The third-order valence-electron chi connectivity index (χ3n) is 4.70. The first-order valence-electron chi connectivity index (χ1n) is 8.93. The molecule has 0 spiro atoms. The third-order valence-corrected chi connectivity index (χ3v) is 5.47. The summed E-state index contributed by atoms with van der Waals surface area (Å²) in [4.78, 5) is 11.7. The average molecular weight is 369 g/mol. The van der Waals surface area contributed by atoms with E-state index in [0.717, 1.165) is 48.2 Å². The number of piperidine rings is 1. The quantitative estimate of drug-likeness (QED) is 0.688. The number of rotatable bonds is 5. The largest absolute Gasteiger partial charge is 0.486 e. The molecule has 0 amide bonds. The number of aromatic nitrogens is 4. The molecule has 6 nitrogen and oxygen atoms in total. The van der Waals surface area contributed by atoms with Crippen molar-refractivity contribution in [3.05, 3.63) is 46.5 Å². The van der Waals surface area contributed by atoms with Crippen molar-refractivity contribution >= 4 is 11.3 Å². The minimum Gasteiger partial charge on any atom is -0.486 e. The van der Waals surface area contributed by atoms with E-state index in [9.17, 15) is 0 Å². The van der Waals surface area contributed by atoms with Gasteiger partial charge < -0.3 is 9.64 Å². The van der Waals surface area contributed by atoms with Crippen LogP contribution in [0, 0.1) is 6.92 Å². The van der Waals surface area contributed by atoms with E-state index in [2.05, 4.69) is 21.6 Å². The van der Waals surface area contributed by atoms with E-state index in [1.807, 2.05) is 42.6 Å². The molecule has 7 heteroatoms. The van der Waals surface area contributed by atoms with Gasteiger partial charge in [0.25, 0.3) is 0 Å². The average Bonchev–Trinajstić information content (AvgIpc) is 3.28. The molecule has 0 atom stereocenters. The fraction of sp³-hybridized carbons (Fsp3) is 0.421. The van der Waals surface area contributed by atoms with E-state index < -0.39 is 0 Å². The normalized spacial score (nSPS) is 16.1. The van der Waals surface area contributed by atoms with Crippen LogP contribution in [-0.2, 0) is 6.61 Å². The highest BCUT2D eigenvalue weighted by Crippen LogP contribution is 2.26. The van der Waals surface area contributed by atoms with Gasteiger partial charge >= 0.3 is 0 Å². The summed E-state index contributed by atoms with van der Waals surface area (Å²) in [5.74, 6) is 2.40. The van der Waals surface area contributed by atoms with Crippen LogP contribution in [0.4, 0.5) is 0 Å². The van der Waals surface area contributed by atoms with Crippen molar-refractivity contribution in [3.63, 3.8) is 0 Å². The maximum absolute atomic E-state index is 5.95. The minimum absolute atomic E-state index is 0.363. The summed E-state index contributed by atoms with van der Waals surface area (Å²) in [6.45, 7) is 4.57. The summed E-state index contributed by atoms with van der Waals surface area (Å²) < 4.78 is 8.02. The molecule has 0 bridgehead atoms. The molecule has 0 radical (unpaired) electrons. The van der Waals surface area contributed by atoms with Crippen molar-refractivity contribution in [1.82, 2.24) is 24.6 Å². The Bertz CT molecular complexity index is 852. The van der Waals surface area contributed by atoms with Gasteiger partial charge in [-0.2, -0.15) is 0 Å². The Morgan fingerprint density at radius 3 is 2.62 bits per heavy atom. The second-order valence-corrected chi connectivity index (χ2v) is 7.75. The van der Waals surface area contributed by atoms with Gasteiger partial charge in [0.05, 0.1) is 11.0 Å². The Labute approximate surface area is 157 Å². The van der Waals surface area contributed by atoms with E-state index in [0.29, 0.717) is 18.5 Å². The van der Waals surface area contributed by atoms with Crippen molar-refractivity contribution in [2.24, 2.45) is 0 Å². The van der Waals surface area contributed by atoms with Crippen LogP contribution in [0.1, 0.15) is 29.7 Å². The van der Waals surface area contributed by atoms with Crippen molar-refractivity contribution in [2.75, 3.05) is 20.1 Å². The van der Waals surface area contributed by atoms with Crippen molar-refractivity contribution < 1.29 is 4.74 Å². The molecule has 4 rings (SSSR count). The number of thiazole rings is 1. The molecule has 0 saturated carbocycles. The highest BCUT2D eigenvalue weighted by atomic mass is 32.1. The molecule has 1 aliphatic heterocycles. The van der Waals surface area contributed by atoms with Gasteiger partial charge in [0.15, 0.2) is 5.82 Å². The molecule has 1 fully saturated rings. The second-order valence-electron chi connectivity index (χ2n) is 6.68. The van der Waals surface area contributed by atoms with E-state index in [-0.39, 0.29) is 0 Å². The van der Waals surface area contributed by atoms with Gasteiger partial charge in [0.1, 0.15) is 18.1 Å². The number of benzene rings is 1. The molecule has 3 aromatic rings. The fourth-order valence-corrected chi connectivity index (χ4v) is 3.82. The number of aryl methyl sites for hydroxylation is 1. The molecule has 1 aliphatic rings. The standard InChI is InChI=1S/C19H23N5OS/c1-14-20-17(13-26-14)19-21-18(12-25-16-6-4-3-5-7-16)24(22-19)15-8-10-23(2)11-9-15/h3-7,13,15H,8-12H2,1-2H3. The van der Waals surface area contributed by atoms with E-state index in [4.69, 9.17) is 14.8 Å².